The molecule has 2 aliphatic carbocycles. The Balaban J connectivity index is 0.980. The van der Waals surface area contributed by atoms with Crippen LogP contribution in [0.25, 0.3) is 0 Å². The summed E-state index contributed by atoms with van der Waals surface area (Å²) in [5, 5.41) is 0. The summed E-state index contributed by atoms with van der Waals surface area (Å²) >= 11 is 0. The second kappa shape index (κ2) is 29.1. The first-order valence-corrected chi connectivity index (χ1v) is 24.1. The summed E-state index contributed by atoms with van der Waals surface area (Å²) in [6, 6.07) is 17.8. The Morgan fingerprint density at radius 1 is 0.414 bits per heavy atom. The van der Waals surface area contributed by atoms with Crippen LogP contribution in [-0.4, -0.2) is 68.2 Å². The zero-order valence-electron chi connectivity index (χ0n) is 39.9. The molecule has 3 aromatic carbocycles. The van der Waals surface area contributed by atoms with Crippen molar-refractivity contribution in [2.45, 2.75) is 110 Å². The Hall–Kier alpha value is -6.97. The van der Waals surface area contributed by atoms with Gasteiger partial charge < -0.3 is 42.6 Å². The van der Waals surface area contributed by atoms with E-state index in [2.05, 4.69) is 13.2 Å². The lowest BCUT2D eigenvalue weighted by Crippen LogP contribution is -2.30. The van der Waals surface area contributed by atoms with Gasteiger partial charge >= 0.3 is 41.8 Å². The fourth-order valence-corrected chi connectivity index (χ4v) is 7.96. The highest BCUT2D eigenvalue weighted by atomic mass is 16.6. The molecule has 0 saturated heterocycles. The summed E-state index contributed by atoms with van der Waals surface area (Å²) in [7, 11) is 0. The average molecular weight is 969 g/mol. The molecule has 0 unspecified atom stereocenters. The third kappa shape index (κ3) is 18.8. The molecule has 2 saturated carbocycles. The summed E-state index contributed by atoms with van der Waals surface area (Å²) < 4.78 is 49.5. The second-order valence-corrected chi connectivity index (χ2v) is 17.2. The monoisotopic (exact) mass is 968 g/mol. The van der Waals surface area contributed by atoms with E-state index in [0.29, 0.717) is 101 Å². The summed E-state index contributed by atoms with van der Waals surface area (Å²) in [6.07, 6.45) is 12.5. The van der Waals surface area contributed by atoms with E-state index in [1.54, 1.807) is 48.5 Å². The van der Waals surface area contributed by atoms with Crippen LogP contribution in [0.2, 0.25) is 0 Å². The van der Waals surface area contributed by atoms with E-state index >= 15 is 0 Å². The number of benzene rings is 3. The lowest BCUT2D eigenvalue weighted by Gasteiger charge is -2.26. The molecule has 16 nitrogen and oxygen atoms in total. The van der Waals surface area contributed by atoms with Gasteiger partial charge in [-0.1, -0.05) is 13.2 Å². The quantitative estimate of drug-likeness (QED) is 0.0302. The minimum Gasteiger partial charge on any atom is -0.494 e. The Morgan fingerprint density at radius 3 is 1.11 bits per heavy atom. The summed E-state index contributed by atoms with van der Waals surface area (Å²) in [5.41, 5.74) is 0. The van der Waals surface area contributed by atoms with Gasteiger partial charge in [0.2, 0.25) is 0 Å². The number of hydrogen-bond acceptors (Lipinski definition) is 16. The van der Waals surface area contributed by atoms with Gasteiger partial charge in [-0.3, -0.25) is 24.0 Å². The van der Waals surface area contributed by atoms with Gasteiger partial charge in [-0.05, 0) is 163 Å². The topological polar surface area (TPSA) is 203 Å². The molecular formula is C54H64O16. The maximum atomic E-state index is 13.3. The predicted octanol–water partition coefficient (Wildman–Crippen LogP) is 9.58. The molecular weight excluding hydrogens is 905 g/mol. The van der Waals surface area contributed by atoms with Crippen molar-refractivity contribution in [2.24, 2.45) is 23.7 Å². The molecule has 0 radical (unpaired) electrons. The molecule has 0 aliphatic heterocycles. The first-order chi connectivity index (χ1) is 33.9. The first-order valence-electron chi connectivity index (χ1n) is 24.1. The summed E-state index contributed by atoms with van der Waals surface area (Å²) in [5.74, 6) is -3.02. The lowest BCUT2D eigenvalue weighted by atomic mass is 9.82. The predicted molar refractivity (Wildman–Crippen MR) is 254 cm³/mol. The molecule has 5 rings (SSSR count). The highest BCUT2D eigenvalue weighted by molar-refractivity contribution is 5.82. The fourth-order valence-electron chi connectivity index (χ4n) is 7.96. The van der Waals surface area contributed by atoms with Crippen molar-refractivity contribution in [3.8, 4) is 40.2 Å². The molecule has 0 atom stereocenters. The van der Waals surface area contributed by atoms with E-state index in [4.69, 9.17) is 42.6 Å². The number of unbranched alkanes of at least 4 members (excludes halogenated alkanes) is 6. The number of ether oxygens (including phenoxy) is 9. The fraction of sp³-hybridized carbons (Fsp3) is 0.463. The van der Waals surface area contributed by atoms with E-state index in [0.717, 1.165) is 63.5 Å². The van der Waals surface area contributed by atoms with Crippen molar-refractivity contribution in [1.29, 1.82) is 0 Å². The van der Waals surface area contributed by atoms with Crippen LogP contribution in [0.4, 0.5) is 0 Å². The molecule has 0 aromatic heterocycles. The smallest absolute Gasteiger partial charge is 0.330 e. The Labute approximate surface area is 408 Å². The summed E-state index contributed by atoms with van der Waals surface area (Å²) in [6.45, 7) is 9.72. The molecule has 0 spiro atoms. The normalized spacial score (nSPS) is 17.4. The highest BCUT2D eigenvalue weighted by Crippen LogP contribution is 2.37. The van der Waals surface area contributed by atoms with E-state index < -0.39 is 47.6 Å². The number of carbonyl (C=O) groups is 7. The van der Waals surface area contributed by atoms with Gasteiger partial charge in [0.25, 0.3) is 0 Å². The molecule has 0 N–H and O–H groups in total. The van der Waals surface area contributed by atoms with Crippen molar-refractivity contribution in [3.05, 3.63) is 92.0 Å². The number of esters is 7. The van der Waals surface area contributed by atoms with Crippen molar-refractivity contribution in [3.63, 3.8) is 0 Å². The number of hydrogen-bond donors (Lipinski definition) is 0. The van der Waals surface area contributed by atoms with Crippen LogP contribution >= 0.6 is 0 Å². The van der Waals surface area contributed by atoms with Crippen LogP contribution in [0.1, 0.15) is 110 Å². The van der Waals surface area contributed by atoms with Gasteiger partial charge in [0.15, 0.2) is 11.5 Å². The van der Waals surface area contributed by atoms with Crippen LogP contribution < -0.4 is 33.2 Å². The second-order valence-electron chi connectivity index (χ2n) is 17.2. The van der Waals surface area contributed by atoms with Crippen molar-refractivity contribution < 1.29 is 76.2 Å². The Morgan fingerprint density at radius 2 is 0.743 bits per heavy atom. The number of rotatable bonds is 27. The van der Waals surface area contributed by atoms with Crippen molar-refractivity contribution in [2.75, 3.05) is 26.4 Å². The molecule has 0 amide bonds. The first kappa shape index (κ1) is 54.0. The van der Waals surface area contributed by atoms with Crippen LogP contribution in [0, 0.1) is 23.7 Å². The molecule has 70 heavy (non-hydrogen) atoms. The van der Waals surface area contributed by atoms with Crippen LogP contribution in [0.3, 0.4) is 0 Å². The van der Waals surface area contributed by atoms with Gasteiger partial charge in [0.1, 0.15) is 28.7 Å². The lowest BCUT2D eigenvalue weighted by molar-refractivity contribution is -0.145. The number of carbonyl (C=O) groups excluding carboxylic acids is 7. The van der Waals surface area contributed by atoms with E-state index in [-0.39, 0.29) is 35.1 Å². The third-order valence-corrected chi connectivity index (χ3v) is 11.9. The third-order valence-electron chi connectivity index (χ3n) is 11.9. The molecule has 16 heteroatoms. The van der Waals surface area contributed by atoms with Gasteiger partial charge in [0.05, 0.1) is 50.1 Å². The molecule has 0 heterocycles. The minimum absolute atomic E-state index is 0.0205. The van der Waals surface area contributed by atoms with E-state index in [1.807, 2.05) is 0 Å². The van der Waals surface area contributed by atoms with Crippen molar-refractivity contribution in [1.82, 2.24) is 0 Å². The maximum absolute atomic E-state index is 13.3. The zero-order chi connectivity index (χ0) is 50.1. The molecule has 376 valence electrons. The Kier molecular flexibility index (Phi) is 22.5. The maximum Gasteiger partial charge on any atom is 0.330 e. The zero-order valence-corrected chi connectivity index (χ0v) is 39.9. The summed E-state index contributed by atoms with van der Waals surface area (Å²) in [4.78, 5) is 86.7. The van der Waals surface area contributed by atoms with Crippen molar-refractivity contribution >= 4 is 41.8 Å². The Bertz CT molecular complexity index is 2220. The van der Waals surface area contributed by atoms with E-state index in [9.17, 15) is 33.6 Å². The SMILES string of the molecule is C=CC(=O)OCCCCCCOc1ccc(OC(=O)C2CCC(C(=O)Oc3ccc(OC(=O)C4CCC(C(=O)Oc5ccc(OCCCCCCOC(=O)C=C)cc5)CC4)c(OC(C)=O)c3)CC2)cc1. The van der Waals surface area contributed by atoms with Gasteiger partial charge in [-0.2, -0.15) is 0 Å². The molecule has 2 aliphatic rings. The molecule has 3 aromatic rings. The highest BCUT2D eigenvalue weighted by Gasteiger charge is 2.34. The molecule has 2 fully saturated rings. The van der Waals surface area contributed by atoms with E-state index in [1.165, 1.54) is 25.1 Å². The van der Waals surface area contributed by atoms with Crippen LogP contribution in [0.15, 0.2) is 92.0 Å². The van der Waals surface area contributed by atoms with Gasteiger partial charge in [0, 0.05) is 25.1 Å². The van der Waals surface area contributed by atoms with Crippen LogP contribution in [-0.2, 0) is 43.0 Å². The van der Waals surface area contributed by atoms with Gasteiger partial charge in [-0.25, -0.2) is 9.59 Å². The van der Waals surface area contributed by atoms with Gasteiger partial charge in [-0.15, -0.1) is 0 Å². The standard InChI is InChI=1S/C54H64O16/c1-4-49(56)64-34-12-8-6-10-32-62-42-22-26-44(27-23-42)67-51(58)38-14-16-40(17-15-38)53(60)69-46-30-31-47(48(36-46)66-37(3)55)70-54(61)41-20-18-39(19-21-41)52(59)68-45-28-24-43(25-29-45)63-33-11-7-9-13-35-65-50(57)5-2/h4-5,22-31,36,38-41H,1-2,6-21,32-35H2,3H3. The average Bonchev–Trinajstić information content (AvgIpc) is 3.36. The largest absolute Gasteiger partial charge is 0.494 e. The molecule has 0 bridgehead atoms. The van der Waals surface area contributed by atoms with Crippen LogP contribution in [0.5, 0.6) is 40.2 Å². The minimum atomic E-state index is -0.671.